The second-order valence-corrected chi connectivity index (χ2v) is 5.56. The number of hydrogen-bond acceptors (Lipinski definition) is 2. The van der Waals surface area contributed by atoms with Crippen LogP contribution in [0.1, 0.15) is 0 Å². The molecule has 3 aromatic rings. The van der Waals surface area contributed by atoms with E-state index in [4.69, 9.17) is 4.55 Å². The zero-order valence-electron chi connectivity index (χ0n) is 8.21. The topological polar surface area (TPSA) is 37.3 Å². The zero-order chi connectivity index (χ0) is 11.1. The molecule has 3 rings (SSSR count). The molecule has 0 aliphatic heterocycles. The minimum Gasteiger partial charge on any atom is -0.302 e. The van der Waals surface area contributed by atoms with Crippen LogP contribution in [0.25, 0.3) is 20.2 Å². The fourth-order valence-electron chi connectivity index (χ4n) is 1.81. The number of thiophene rings is 1. The Labute approximate surface area is 98.8 Å². The van der Waals surface area contributed by atoms with Crippen LogP contribution in [-0.2, 0) is 11.1 Å². The van der Waals surface area contributed by atoms with Crippen LogP contribution < -0.4 is 0 Å². The molecular formula is C12H8O2S2. The van der Waals surface area contributed by atoms with Crippen LogP contribution in [0.5, 0.6) is 0 Å². The second kappa shape index (κ2) is 3.66. The summed E-state index contributed by atoms with van der Waals surface area (Å²) in [5, 5.41) is 2.35. The summed E-state index contributed by atoms with van der Waals surface area (Å²) in [7, 11) is 0. The van der Waals surface area contributed by atoms with Gasteiger partial charge in [0, 0.05) is 20.2 Å². The molecule has 0 saturated carbocycles. The summed E-state index contributed by atoms with van der Waals surface area (Å²) in [6, 6.07) is 13.6. The summed E-state index contributed by atoms with van der Waals surface area (Å²) < 4.78 is 22.3. The Bertz CT molecular complexity index is 700. The molecule has 1 N–H and O–H groups in total. The van der Waals surface area contributed by atoms with E-state index in [9.17, 15) is 4.21 Å². The third kappa shape index (κ3) is 1.46. The molecule has 0 saturated heterocycles. The van der Waals surface area contributed by atoms with Gasteiger partial charge in [0.2, 0.25) is 0 Å². The van der Waals surface area contributed by atoms with Crippen LogP contribution in [0.4, 0.5) is 0 Å². The van der Waals surface area contributed by atoms with Crippen LogP contribution in [0.3, 0.4) is 0 Å². The Morgan fingerprint density at radius 2 is 1.75 bits per heavy atom. The Kier molecular flexibility index (Phi) is 2.28. The maximum absolute atomic E-state index is 11.0. The van der Waals surface area contributed by atoms with Gasteiger partial charge in [-0.1, -0.05) is 24.3 Å². The highest BCUT2D eigenvalue weighted by Gasteiger charge is 2.06. The Morgan fingerprint density at radius 3 is 2.56 bits per heavy atom. The van der Waals surface area contributed by atoms with E-state index in [-0.39, 0.29) is 0 Å². The molecule has 1 atom stereocenters. The van der Waals surface area contributed by atoms with Gasteiger partial charge in [0.1, 0.15) is 0 Å². The molecule has 1 heterocycles. The first-order valence-corrected chi connectivity index (χ1v) is 6.70. The first-order valence-electron chi connectivity index (χ1n) is 4.78. The molecular weight excluding hydrogens is 240 g/mol. The van der Waals surface area contributed by atoms with Crippen molar-refractivity contribution in [2.24, 2.45) is 0 Å². The van der Waals surface area contributed by atoms with Gasteiger partial charge in [-0.3, -0.25) is 0 Å². The average molecular weight is 248 g/mol. The molecule has 4 heteroatoms. The molecule has 1 aromatic heterocycles. The maximum atomic E-state index is 11.0. The van der Waals surface area contributed by atoms with E-state index in [0.29, 0.717) is 4.90 Å². The van der Waals surface area contributed by atoms with Gasteiger partial charge < -0.3 is 4.55 Å². The van der Waals surface area contributed by atoms with E-state index >= 15 is 0 Å². The van der Waals surface area contributed by atoms with Crippen molar-refractivity contribution >= 4 is 42.6 Å². The normalized spacial score (nSPS) is 13.3. The van der Waals surface area contributed by atoms with Crippen molar-refractivity contribution in [2.45, 2.75) is 4.90 Å². The largest absolute Gasteiger partial charge is 0.302 e. The third-order valence-electron chi connectivity index (χ3n) is 2.55. The van der Waals surface area contributed by atoms with Crippen molar-refractivity contribution in [3.05, 3.63) is 42.5 Å². The summed E-state index contributed by atoms with van der Waals surface area (Å²) in [6.45, 7) is 0. The fourth-order valence-corrected chi connectivity index (χ4v) is 3.44. The molecule has 80 valence electrons. The van der Waals surface area contributed by atoms with E-state index in [1.807, 2.05) is 18.2 Å². The van der Waals surface area contributed by atoms with Gasteiger partial charge in [-0.2, -0.15) is 0 Å². The molecule has 16 heavy (non-hydrogen) atoms. The van der Waals surface area contributed by atoms with Gasteiger partial charge in [-0.05, 0) is 18.2 Å². The Hall–Kier alpha value is -1.23. The predicted molar refractivity (Wildman–Crippen MR) is 68.4 cm³/mol. The molecule has 2 nitrogen and oxygen atoms in total. The molecule has 0 fully saturated rings. The molecule has 0 bridgehead atoms. The van der Waals surface area contributed by atoms with Crippen LogP contribution in [0.15, 0.2) is 47.4 Å². The summed E-state index contributed by atoms with van der Waals surface area (Å²) in [5.74, 6) is 0. The van der Waals surface area contributed by atoms with Gasteiger partial charge >= 0.3 is 0 Å². The minimum absolute atomic E-state index is 0.457. The van der Waals surface area contributed by atoms with Crippen molar-refractivity contribution < 1.29 is 8.76 Å². The number of benzene rings is 2. The second-order valence-electron chi connectivity index (χ2n) is 3.51. The van der Waals surface area contributed by atoms with E-state index in [0.717, 1.165) is 10.1 Å². The van der Waals surface area contributed by atoms with E-state index in [2.05, 4.69) is 12.1 Å². The van der Waals surface area contributed by atoms with Crippen LogP contribution in [0, 0.1) is 0 Å². The van der Waals surface area contributed by atoms with Gasteiger partial charge in [0.05, 0.1) is 4.90 Å². The molecule has 0 aliphatic carbocycles. The standard InChI is InChI=1S/C12H8O2S2/c13-16(14)8-5-6-10-9-3-1-2-4-11(9)15-12(10)7-8/h1-7H,(H,13,14). The maximum Gasteiger partial charge on any atom is 0.186 e. The van der Waals surface area contributed by atoms with Crippen LogP contribution in [0.2, 0.25) is 0 Å². The van der Waals surface area contributed by atoms with Crippen molar-refractivity contribution in [3.8, 4) is 0 Å². The van der Waals surface area contributed by atoms with E-state index in [1.54, 1.807) is 23.5 Å². The molecule has 2 aromatic carbocycles. The molecule has 0 aliphatic rings. The lowest BCUT2D eigenvalue weighted by molar-refractivity contribution is 0.564. The highest BCUT2D eigenvalue weighted by Crippen LogP contribution is 2.34. The quantitative estimate of drug-likeness (QED) is 0.668. The smallest absolute Gasteiger partial charge is 0.186 e. The number of rotatable bonds is 1. The van der Waals surface area contributed by atoms with Gasteiger partial charge in [0.25, 0.3) is 0 Å². The Morgan fingerprint density at radius 1 is 1.00 bits per heavy atom. The summed E-state index contributed by atoms with van der Waals surface area (Å²) in [6.07, 6.45) is 0. The zero-order valence-corrected chi connectivity index (χ0v) is 9.85. The molecule has 0 radical (unpaired) electrons. The van der Waals surface area contributed by atoms with Crippen molar-refractivity contribution in [1.29, 1.82) is 0 Å². The highest BCUT2D eigenvalue weighted by molar-refractivity contribution is 7.79. The summed E-state index contributed by atoms with van der Waals surface area (Å²) >= 11 is -0.252. The van der Waals surface area contributed by atoms with Gasteiger partial charge in [-0.15, -0.1) is 11.3 Å². The first kappa shape index (κ1) is 9.96. The summed E-state index contributed by atoms with van der Waals surface area (Å²) in [5.41, 5.74) is 0. The fraction of sp³-hybridized carbons (Fsp3) is 0. The highest BCUT2D eigenvalue weighted by atomic mass is 32.2. The summed E-state index contributed by atoms with van der Waals surface area (Å²) in [4.78, 5) is 0.457. The number of fused-ring (bicyclic) bond motifs is 3. The molecule has 0 amide bonds. The lowest BCUT2D eigenvalue weighted by atomic mass is 10.2. The van der Waals surface area contributed by atoms with Crippen LogP contribution >= 0.6 is 11.3 Å². The molecule has 0 spiro atoms. The van der Waals surface area contributed by atoms with E-state index in [1.165, 1.54) is 10.1 Å². The first-order chi connectivity index (χ1) is 7.75. The van der Waals surface area contributed by atoms with Crippen molar-refractivity contribution in [2.75, 3.05) is 0 Å². The number of hydrogen-bond donors (Lipinski definition) is 1. The van der Waals surface area contributed by atoms with Gasteiger partial charge in [-0.25, -0.2) is 4.21 Å². The molecule has 1 unspecified atom stereocenters. The predicted octanol–water partition coefficient (Wildman–Crippen LogP) is 3.64. The Balaban J connectivity index is 2.41. The minimum atomic E-state index is -1.90. The third-order valence-corrected chi connectivity index (χ3v) is 4.34. The van der Waals surface area contributed by atoms with E-state index < -0.39 is 11.1 Å². The van der Waals surface area contributed by atoms with Gasteiger partial charge in [0.15, 0.2) is 11.1 Å². The van der Waals surface area contributed by atoms with Crippen LogP contribution in [-0.4, -0.2) is 8.76 Å². The SMILES string of the molecule is O=S(O)c1ccc2c(c1)sc1ccccc12. The average Bonchev–Trinajstić information content (AvgIpc) is 2.66. The van der Waals surface area contributed by atoms with Crippen molar-refractivity contribution in [3.63, 3.8) is 0 Å². The lowest BCUT2D eigenvalue weighted by Crippen LogP contribution is -1.85. The lowest BCUT2D eigenvalue weighted by Gasteiger charge is -1.94. The monoisotopic (exact) mass is 248 g/mol. The van der Waals surface area contributed by atoms with Crippen molar-refractivity contribution in [1.82, 2.24) is 0 Å².